The molecule has 0 atom stereocenters. The number of rotatable bonds is 3. The van der Waals surface area contributed by atoms with Gasteiger partial charge in [0.05, 0.1) is 30.0 Å². The number of hydrogen-bond acceptors (Lipinski definition) is 6. The number of aromatic nitrogens is 1. The first-order valence-electron chi connectivity index (χ1n) is 6.15. The second kappa shape index (κ2) is 5.92. The Labute approximate surface area is 122 Å². The summed E-state index contributed by atoms with van der Waals surface area (Å²) in [6.07, 6.45) is 1.49. The first-order chi connectivity index (χ1) is 10.1. The summed E-state index contributed by atoms with van der Waals surface area (Å²) in [4.78, 5) is 17.6. The van der Waals surface area contributed by atoms with Gasteiger partial charge in [0.2, 0.25) is 0 Å². The van der Waals surface area contributed by atoms with Gasteiger partial charge >= 0.3 is 5.97 Å². The lowest BCUT2D eigenvalue weighted by Gasteiger charge is -2.21. The molecule has 0 fully saturated rings. The largest absolute Gasteiger partial charge is 0.465 e. The van der Waals surface area contributed by atoms with Gasteiger partial charge in [-0.3, -0.25) is 0 Å². The lowest BCUT2D eigenvalue weighted by molar-refractivity contribution is 0.0602. The van der Waals surface area contributed by atoms with Crippen molar-refractivity contribution in [1.82, 2.24) is 4.98 Å². The number of nitriles is 1. The Morgan fingerprint density at radius 2 is 2.19 bits per heavy atom. The Balaban J connectivity index is 2.46. The van der Waals surface area contributed by atoms with Crippen molar-refractivity contribution in [1.29, 1.82) is 5.26 Å². The zero-order valence-electron chi connectivity index (χ0n) is 11.7. The molecule has 1 aromatic carbocycles. The molecule has 0 saturated heterocycles. The number of pyridine rings is 1. The molecule has 0 aliphatic carbocycles. The van der Waals surface area contributed by atoms with E-state index in [1.165, 1.54) is 19.4 Å². The van der Waals surface area contributed by atoms with E-state index in [4.69, 9.17) is 11.0 Å². The van der Waals surface area contributed by atoms with Crippen LogP contribution in [0.4, 0.5) is 17.2 Å². The summed E-state index contributed by atoms with van der Waals surface area (Å²) < 4.78 is 4.69. The standard InChI is InChI=1S/C15H14N4O2/c1-19(11-5-3-4-10(8-11)9-16)14-13(17)12(6-7-18-14)15(20)21-2/h3-8H,17H2,1-2H3. The third-order valence-electron chi connectivity index (χ3n) is 3.05. The van der Waals surface area contributed by atoms with Crippen molar-refractivity contribution in [2.75, 3.05) is 24.8 Å². The Bertz CT molecular complexity index is 722. The number of anilines is 3. The molecule has 0 spiro atoms. The molecule has 2 rings (SSSR count). The van der Waals surface area contributed by atoms with Gasteiger partial charge in [-0.05, 0) is 24.3 Å². The fourth-order valence-electron chi connectivity index (χ4n) is 1.92. The second-order valence-corrected chi connectivity index (χ2v) is 4.31. The highest BCUT2D eigenvalue weighted by Crippen LogP contribution is 2.29. The molecule has 2 N–H and O–H groups in total. The van der Waals surface area contributed by atoms with Crippen molar-refractivity contribution in [3.05, 3.63) is 47.7 Å². The molecule has 21 heavy (non-hydrogen) atoms. The van der Waals surface area contributed by atoms with Crippen molar-refractivity contribution >= 4 is 23.2 Å². The van der Waals surface area contributed by atoms with E-state index in [9.17, 15) is 4.79 Å². The fourth-order valence-corrected chi connectivity index (χ4v) is 1.92. The van der Waals surface area contributed by atoms with E-state index >= 15 is 0 Å². The van der Waals surface area contributed by atoms with Gasteiger partial charge in [0.25, 0.3) is 0 Å². The number of carbonyl (C=O) groups is 1. The molecule has 2 aromatic rings. The average Bonchev–Trinajstić information content (AvgIpc) is 2.53. The first-order valence-corrected chi connectivity index (χ1v) is 6.15. The fraction of sp³-hybridized carbons (Fsp3) is 0.133. The lowest BCUT2D eigenvalue weighted by Crippen LogP contribution is -2.16. The predicted molar refractivity (Wildman–Crippen MR) is 79.2 cm³/mol. The number of nitrogen functional groups attached to an aromatic ring is 1. The van der Waals surface area contributed by atoms with E-state index in [0.717, 1.165) is 5.69 Å². The molecule has 0 amide bonds. The summed E-state index contributed by atoms with van der Waals surface area (Å²) in [6, 6.07) is 10.6. The molecule has 1 aromatic heterocycles. The monoisotopic (exact) mass is 282 g/mol. The Hall–Kier alpha value is -3.07. The van der Waals surface area contributed by atoms with E-state index in [0.29, 0.717) is 11.4 Å². The van der Waals surface area contributed by atoms with Gasteiger partial charge in [0.15, 0.2) is 5.82 Å². The summed E-state index contributed by atoms with van der Waals surface area (Å²) in [7, 11) is 3.05. The highest BCUT2D eigenvalue weighted by Gasteiger charge is 2.17. The maximum absolute atomic E-state index is 11.7. The number of methoxy groups -OCH3 is 1. The average molecular weight is 282 g/mol. The van der Waals surface area contributed by atoms with Crippen LogP contribution in [-0.2, 0) is 4.74 Å². The van der Waals surface area contributed by atoms with E-state index < -0.39 is 5.97 Å². The summed E-state index contributed by atoms with van der Waals surface area (Å²) >= 11 is 0. The van der Waals surface area contributed by atoms with Crippen molar-refractivity contribution in [2.24, 2.45) is 0 Å². The number of carbonyl (C=O) groups excluding carboxylic acids is 1. The smallest absolute Gasteiger partial charge is 0.340 e. The topological polar surface area (TPSA) is 92.2 Å². The summed E-state index contributed by atoms with van der Waals surface area (Å²) in [5.74, 6) is -0.0942. The quantitative estimate of drug-likeness (QED) is 0.866. The molecule has 0 radical (unpaired) electrons. The summed E-state index contributed by atoms with van der Waals surface area (Å²) in [5.41, 5.74) is 7.76. The minimum absolute atomic E-state index is 0.231. The van der Waals surface area contributed by atoms with E-state index in [1.807, 2.05) is 6.07 Å². The van der Waals surface area contributed by atoms with Crippen LogP contribution < -0.4 is 10.6 Å². The number of benzene rings is 1. The normalized spacial score (nSPS) is 9.76. The Kier molecular flexibility index (Phi) is 4.05. The van der Waals surface area contributed by atoms with Crippen LogP contribution in [0, 0.1) is 11.3 Å². The zero-order valence-corrected chi connectivity index (χ0v) is 11.7. The molecular formula is C15H14N4O2. The second-order valence-electron chi connectivity index (χ2n) is 4.31. The number of hydrogen-bond donors (Lipinski definition) is 1. The van der Waals surface area contributed by atoms with Crippen LogP contribution in [-0.4, -0.2) is 25.1 Å². The molecule has 0 aliphatic heterocycles. The van der Waals surface area contributed by atoms with Gasteiger partial charge < -0.3 is 15.4 Å². The van der Waals surface area contributed by atoms with Crippen molar-refractivity contribution in [2.45, 2.75) is 0 Å². The van der Waals surface area contributed by atoms with Crippen LogP contribution in [0.1, 0.15) is 15.9 Å². The molecule has 0 saturated carbocycles. The van der Waals surface area contributed by atoms with E-state index in [-0.39, 0.29) is 11.3 Å². The van der Waals surface area contributed by atoms with Gasteiger partial charge in [0.1, 0.15) is 0 Å². The minimum atomic E-state index is -0.518. The van der Waals surface area contributed by atoms with Crippen molar-refractivity contribution in [3.8, 4) is 6.07 Å². The summed E-state index contributed by atoms with van der Waals surface area (Å²) in [5, 5.41) is 8.95. The molecule has 0 unspecified atom stereocenters. The van der Waals surface area contributed by atoms with Gasteiger partial charge in [-0.2, -0.15) is 5.26 Å². The molecular weight excluding hydrogens is 268 g/mol. The van der Waals surface area contributed by atoms with E-state index in [2.05, 4.69) is 15.8 Å². The number of nitrogens with two attached hydrogens (primary N) is 1. The van der Waals surface area contributed by atoms with Crippen LogP contribution in [0.25, 0.3) is 0 Å². The van der Waals surface area contributed by atoms with E-state index in [1.54, 1.807) is 30.1 Å². The van der Waals surface area contributed by atoms with Crippen LogP contribution in [0.15, 0.2) is 36.5 Å². The lowest BCUT2D eigenvalue weighted by atomic mass is 10.2. The zero-order chi connectivity index (χ0) is 15.4. The number of nitrogens with zero attached hydrogens (tertiary/aromatic N) is 3. The van der Waals surface area contributed by atoms with Crippen LogP contribution in [0.3, 0.4) is 0 Å². The van der Waals surface area contributed by atoms with Crippen LogP contribution >= 0.6 is 0 Å². The predicted octanol–water partition coefficient (Wildman–Crippen LogP) is 2.09. The van der Waals surface area contributed by atoms with Crippen LogP contribution in [0.5, 0.6) is 0 Å². The highest BCUT2D eigenvalue weighted by molar-refractivity contribution is 5.98. The van der Waals surface area contributed by atoms with Gasteiger partial charge in [-0.1, -0.05) is 6.07 Å². The SMILES string of the molecule is COC(=O)c1ccnc(N(C)c2cccc(C#N)c2)c1N. The van der Waals surface area contributed by atoms with Gasteiger partial charge in [-0.25, -0.2) is 9.78 Å². The third kappa shape index (κ3) is 2.77. The number of esters is 1. The first kappa shape index (κ1) is 14.3. The molecule has 6 nitrogen and oxygen atoms in total. The molecule has 1 heterocycles. The molecule has 0 bridgehead atoms. The minimum Gasteiger partial charge on any atom is -0.465 e. The third-order valence-corrected chi connectivity index (χ3v) is 3.05. The Morgan fingerprint density at radius 3 is 2.86 bits per heavy atom. The maximum atomic E-state index is 11.7. The van der Waals surface area contributed by atoms with Crippen molar-refractivity contribution in [3.63, 3.8) is 0 Å². The van der Waals surface area contributed by atoms with Crippen LogP contribution in [0.2, 0.25) is 0 Å². The van der Waals surface area contributed by atoms with Crippen molar-refractivity contribution < 1.29 is 9.53 Å². The molecule has 106 valence electrons. The molecule has 6 heteroatoms. The highest BCUT2D eigenvalue weighted by atomic mass is 16.5. The maximum Gasteiger partial charge on any atom is 0.340 e. The Morgan fingerprint density at radius 1 is 1.43 bits per heavy atom. The number of ether oxygens (including phenoxy) is 1. The molecule has 0 aliphatic rings. The van der Waals surface area contributed by atoms with Gasteiger partial charge in [0, 0.05) is 18.9 Å². The van der Waals surface area contributed by atoms with Gasteiger partial charge in [-0.15, -0.1) is 0 Å². The summed E-state index contributed by atoms with van der Waals surface area (Å²) in [6.45, 7) is 0.